The number of anilines is 1. The van der Waals surface area contributed by atoms with E-state index in [2.05, 4.69) is 15.6 Å². The Morgan fingerprint density at radius 1 is 1.10 bits per heavy atom. The molecule has 158 valence electrons. The van der Waals surface area contributed by atoms with Crippen molar-refractivity contribution in [3.05, 3.63) is 58.5 Å². The second kappa shape index (κ2) is 12.6. The lowest BCUT2D eigenvalue weighted by molar-refractivity contribution is 0.172. The fraction of sp³-hybridized carbons (Fsp3) is 0.455. The van der Waals surface area contributed by atoms with Crippen molar-refractivity contribution in [3.8, 4) is 5.75 Å². The number of nitrogens with zero attached hydrogens (tertiary/aromatic N) is 2. The van der Waals surface area contributed by atoms with Gasteiger partial charge >= 0.3 is 0 Å². The average Bonchev–Trinajstić information content (AvgIpc) is 2.72. The van der Waals surface area contributed by atoms with E-state index in [9.17, 15) is 4.79 Å². The number of ether oxygens (including phenoxy) is 2. The topological polar surface area (TPSA) is 76.9 Å². The zero-order valence-electron chi connectivity index (χ0n) is 17.6. The number of guanidine groups is 1. The lowest BCUT2D eigenvalue weighted by Crippen LogP contribution is -2.31. The summed E-state index contributed by atoms with van der Waals surface area (Å²) in [7, 11) is 3.43. The fourth-order valence-electron chi connectivity index (χ4n) is 2.88. The van der Waals surface area contributed by atoms with Crippen LogP contribution in [-0.4, -0.2) is 44.4 Å². The van der Waals surface area contributed by atoms with Gasteiger partial charge in [-0.05, 0) is 38.0 Å². The van der Waals surface area contributed by atoms with Gasteiger partial charge in [0.2, 0.25) is 0 Å². The first-order valence-electron chi connectivity index (χ1n) is 10.00. The Morgan fingerprint density at radius 3 is 2.69 bits per heavy atom. The molecule has 0 unspecified atom stereocenters. The van der Waals surface area contributed by atoms with Gasteiger partial charge in [0.25, 0.3) is 5.56 Å². The van der Waals surface area contributed by atoms with Gasteiger partial charge in [-0.2, -0.15) is 0 Å². The van der Waals surface area contributed by atoms with Gasteiger partial charge in [-0.15, -0.1) is 0 Å². The maximum absolute atomic E-state index is 11.9. The number of aryl methyl sites for hydroxylation is 1. The van der Waals surface area contributed by atoms with E-state index in [0.29, 0.717) is 19.2 Å². The number of aromatic nitrogens is 1. The van der Waals surface area contributed by atoms with E-state index in [-0.39, 0.29) is 5.56 Å². The number of nitrogens with one attached hydrogen (secondary N) is 2. The Bertz CT molecular complexity index is 833. The second-order valence-corrected chi connectivity index (χ2v) is 6.71. The third-order valence-electron chi connectivity index (χ3n) is 4.45. The normalized spacial score (nSPS) is 11.3. The quantitative estimate of drug-likeness (QED) is 0.344. The molecule has 1 heterocycles. The summed E-state index contributed by atoms with van der Waals surface area (Å²) in [6.45, 7) is 4.76. The van der Waals surface area contributed by atoms with Crippen molar-refractivity contribution in [2.24, 2.45) is 4.99 Å². The van der Waals surface area contributed by atoms with Gasteiger partial charge < -0.3 is 24.7 Å². The Labute approximate surface area is 172 Å². The lowest BCUT2D eigenvalue weighted by atomic mass is 10.2. The van der Waals surface area contributed by atoms with E-state index in [1.54, 1.807) is 26.3 Å². The number of methoxy groups -OCH3 is 1. The van der Waals surface area contributed by atoms with Crippen molar-refractivity contribution < 1.29 is 9.47 Å². The largest absolute Gasteiger partial charge is 0.493 e. The van der Waals surface area contributed by atoms with Crippen molar-refractivity contribution >= 4 is 11.6 Å². The summed E-state index contributed by atoms with van der Waals surface area (Å²) >= 11 is 0. The number of hydrogen-bond acceptors (Lipinski definition) is 4. The van der Waals surface area contributed by atoms with Crippen LogP contribution in [-0.2, 0) is 11.3 Å². The maximum atomic E-state index is 11.9. The van der Waals surface area contributed by atoms with Crippen LogP contribution in [0.15, 0.2) is 52.3 Å². The summed E-state index contributed by atoms with van der Waals surface area (Å²) in [5.74, 6) is 1.51. The Kier molecular flexibility index (Phi) is 9.78. The highest BCUT2D eigenvalue weighted by Crippen LogP contribution is 2.17. The molecule has 0 saturated heterocycles. The van der Waals surface area contributed by atoms with E-state index in [1.165, 1.54) is 0 Å². The minimum Gasteiger partial charge on any atom is -0.493 e. The van der Waals surface area contributed by atoms with Gasteiger partial charge in [-0.1, -0.05) is 12.1 Å². The molecular formula is C22H32N4O3. The number of unbranched alkanes of at least 4 members (excludes halogenated alkanes) is 1. The predicted octanol–water partition coefficient (Wildman–Crippen LogP) is 3.04. The summed E-state index contributed by atoms with van der Waals surface area (Å²) in [5.41, 5.74) is 1.96. The molecule has 7 heteroatoms. The van der Waals surface area contributed by atoms with Crippen LogP contribution in [0.5, 0.6) is 5.75 Å². The smallest absolute Gasteiger partial charge is 0.250 e. The van der Waals surface area contributed by atoms with Gasteiger partial charge in [-0.25, -0.2) is 0 Å². The average molecular weight is 401 g/mol. The van der Waals surface area contributed by atoms with Crippen LogP contribution in [0.3, 0.4) is 0 Å². The lowest BCUT2D eigenvalue weighted by Gasteiger charge is -2.14. The first kappa shape index (κ1) is 22.5. The van der Waals surface area contributed by atoms with Gasteiger partial charge in [0, 0.05) is 63.8 Å². The molecule has 2 aromatic rings. The molecular weight excluding hydrogens is 368 g/mol. The summed E-state index contributed by atoms with van der Waals surface area (Å²) in [5, 5.41) is 6.58. The standard InChI is InChI=1S/C22H32N4O3/c1-18-9-6-12-21(27)26(18)14-5-4-13-24-22(23-2)25-19-10-7-11-20(17-19)29-16-8-15-28-3/h6-7,9-12,17H,4-5,8,13-16H2,1-3H3,(H2,23,24,25). The second-order valence-electron chi connectivity index (χ2n) is 6.71. The van der Waals surface area contributed by atoms with Gasteiger partial charge in [0.15, 0.2) is 5.96 Å². The van der Waals surface area contributed by atoms with Crippen LogP contribution in [0.4, 0.5) is 5.69 Å². The predicted molar refractivity (Wildman–Crippen MR) is 118 cm³/mol. The van der Waals surface area contributed by atoms with E-state index >= 15 is 0 Å². The molecule has 2 rings (SSSR count). The number of rotatable bonds is 11. The van der Waals surface area contributed by atoms with Crippen LogP contribution in [0, 0.1) is 6.92 Å². The molecule has 0 aliphatic rings. The number of aliphatic imine (C=N–C) groups is 1. The van der Waals surface area contributed by atoms with Crippen molar-refractivity contribution in [1.82, 2.24) is 9.88 Å². The highest BCUT2D eigenvalue weighted by Gasteiger charge is 2.02. The number of pyridine rings is 1. The van der Waals surface area contributed by atoms with Crippen LogP contribution >= 0.6 is 0 Å². The van der Waals surface area contributed by atoms with E-state index in [0.717, 1.165) is 49.5 Å². The number of hydrogen-bond donors (Lipinski definition) is 2. The van der Waals surface area contributed by atoms with Crippen molar-refractivity contribution in [2.45, 2.75) is 32.7 Å². The van der Waals surface area contributed by atoms with Gasteiger partial charge in [-0.3, -0.25) is 9.79 Å². The van der Waals surface area contributed by atoms with E-state index in [1.807, 2.05) is 41.8 Å². The monoisotopic (exact) mass is 400 g/mol. The molecule has 0 aliphatic heterocycles. The zero-order valence-corrected chi connectivity index (χ0v) is 17.6. The summed E-state index contributed by atoms with van der Waals surface area (Å²) in [6.07, 6.45) is 2.70. The van der Waals surface area contributed by atoms with E-state index < -0.39 is 0 Å². The van der Waals surface area contributed by atoms with Crippen molar-refractivity contribution in [3.63, 3.8) is 0 Å². The molecule has 0 bridgehead atoms. The minimum atomic E-state index is 0.0553. The first-order valence-corrected chi connectivity index (χ1v) is 10.00. The highest BCUT2D eigenvalue weighted by molar-refractivity contribution is 5.93. The molecule has 1 aromatic heterocycles. The van der Waals surface area contributed by atoms with Crippen LogP contribution in [0.2, 0.25) is 0 Å². The molecule has 29 heavy (non-hydrogen) atoms. The third-order valence-corrected chi connectivity index (χ3v) is 4.45. The molecule has 0 atom stereocenters. The molecule has 0 spiro atoms. The van der Waals surface area contributed by atoms with Gasteiger partial charge in [0.05, 0.1) is 6.61 Å². The third kappa shape index (κ3) is 7.99. The SMILES string of the molecule is CN=C(NCCCCn1c(C)cccc1=O)Nc1cccc(OCCCOC)c1. The summed E-state index contributed by atoms with van der Waals surface area (Å²) < 4.78 is 12.6. The molecule has 0 fully saturated rings. The Balaban J connectivity index is 1.74. The minimum absolute atomic E-state index is 0.0553. The summed E-state index contributed by atoms with van der Waals surface area (Å²) in [6, 6.07) is 13.2. The highest BCUT2D eigenvalue weighted by atomic mass is 16.5. The van der Waals surface area contributed by atoms with Crippen LogP contribution in [0.1, 0.15) is 25.0 Å². The molecule has 0 radical (unpaired) electrons. The van der Waals surface area contributed by atoms with Gasteiger partial charge in [0.1, 0.15) is 5.75 Å². The maximum Gasteiger partial charge on any atom is 0.250 e. The molecule has 2 N–H and O–H groups in total. The Hall–Kier alpha value is -2.80. The fourth-order valence-corrected chi connectivity index (χ4v) is 2.88. The molecule has 1 aromatic carbocycles. The van der Waals surface area contributed by atoms with E-state index in [4.69, 9.17) is 9.47 Å². The van der Waals surface area contributed by atoms with Crippen LogP contribution < -0.4 is 20.9 Å². The molecule has 0 saturated carbocycles. The Morgan fingerprint density at radius 2 is 1.93 bits per heavy atom. The first-order chi connectivity index (χ1) is 14.1. The van der Waals surface area contributed by atoms with Crippen molar-refractivity contribution in [2.75, 3.05) is 39.2 Å². The van der Waals surface area contributed by atoms with Crippen LogP contribution in [0.25, 0.3) is 0 Å². The zero-order chi connectivity index (χ0) is 20.9. The van der Waals surface area contributed by atoms with Crippen molar-refractivity contribution in [1.29, 1.82) is 0 Å². The molecule has 7 nitrogen and oxygen atoms in total. The summed E-state index contributed by atoms with van der Waals surface area (Å²) in [4.78, 5) is 16.2. The molecule has 0 amide bonds. The molecule has 0 aliphatic carbocycles. The number of benzene rings is 1.